The molecule has 1 unspecified atom stereocenters. The quantitative estimate of drug-likeness (QED) is 0.713. The van der Waals surface area contributed by atoms with Crippen LogP contribution in [0.1, 0.15) is 30.4 Å². The molecule has 1 atom stereocenters. The largest absolute Gasteiger partial charge is 0.493 e. The maximum absolute atomic E-state index is 14.5. The Labute approximate surface area is 178 Å². The predicted molar refractivity (Wildman–Crippen MR) is 113 cm³/mol. The van der Waals surface area contributed by atoms with Crippen molar-refractivity contribution >= 4 is 22.7 Å². The van der Waals surface area contributed by atoms with E-state index >= 15 is 0 Å². The zero-order valence-corrected chi connectivity index (χ0v) is 17.7. The minimum absolute atomic E-state index is 0.0620. The maximum Gasteiger partial charge on any atom is 0.244 e. The van der Waals surface area contributed by atoms with Crippen LogP contribution in [0, 0.1) is 11.6 Å². The molecule has 5 nitrogen and oxygen atoms in total. The molecular weight excluding hydrogens is 408 g/mol. The second-order valence-electron chi connectivity index (χ2n) is 7.62. The van der Waals surface area contributed by atoms with Crippen LogP contribution >= 0.6 is 11.8 Å². The van der Waals surface area contributed by atoms with Crippen molar-refractivity contribution in [3.8, 4) is 5.75 Å². The Balaban J connectivity index is 1.74. The van der Waals surface area contributed by atoms with Crippen LogP contribution in [0.5, 0.6) is 5.75 Å². The molecule has 8 heteroatoms. The number of hydrazone groups is 1. The van der Waals surface area contributed by atoms with Gasteiger partial charge in [-0.3, -0.25) is 4.79 Å². The van der Waals surface area contributed by atoms with E-state index in [4.69, 9.17) is 4.74 Å². The Morgan fingerprint density at radius 3 is 2.87 bits per heavy atom. The number of nitrogens with zero attached hydrogens (tertiary/aromatic N) is 3. The molecular formula is C22H23F2N3O2S. The van der Waals surface area contributed by atoms with Crippen LogP contribution < -0.4 is 4.74 Å². The summed E-state index contributed by atoms with van der Waals surface area (Å²) in [6, 6.07) is 10.8. The first-order valence-electron chi connectivity index (χ1n) is 9.84. The van der Waals surface area contributed by atoms with Gasteiger partial charge in [0.1, 0.15) is 27.3 Å². The van der Waals surface area contributed by atoms with Crippen molar-refractivity contribution in [3.05, 3.63) is 65.2 Å². The molecule has 158 valence electrons. The number of thioether (sulfide) groups is 1. The van der Waals surface area contributed by atoms with Crippen LogP contribution in [0.4, 0.5) is 8.78 Å². The summed E-state index contributed by atoms with van der Waals surface area (Å²) in [7, 11) is 3.91. The molecule has 0 aromatic heterocycles. The van der Waals surface area contributed by atoms with Crippen molar-refractivity contribution in [3.63, 3.8) is 0 Å². The number of halogens is 2. The molecule has 0 saturated carbocycles. The van der Waals surface area contributed by atoms with Crippen LogP contribution in [-0.2, 0) is 9.67 Å². The summed E-state index contributed by atoms with van der Waals surface area (Å²) in [5.41, 5.74) is 0.879. The molecule has 0 aliphatic carbocycles. The normalized spacial score (nSPS) is 20.3. The van der Waals surface area contributed by atoms with Gasteiger partial charge in [0, 0.05) is 24.0 Å². The molecule has 2 aliphatic rings. The molecule has 30 heavy (non-hydrogen) atoms. The molecule has 2 heterocycles. The lowest BCUT2D eigenvalue weighted by Gasteiger charge is -2.39. The van der Waals surface area contributed by atoms with Crippen LogP contribution in [0.3, 0.4) is 0 Å². The van der Waals surface area contributed by atoms with E-state index in [1.54, 1.807) is 0 Å². The van der Waals surface area contributed by atoms with Crippen LogP contribution in [-0.4, -0.2) is 48.1 Å². The number of para-hydroxylation sites is 1. The van der Waals surface area contributed by atoms with Crippen LogP contribution in [0.2, 0.25) is 0 Å². The molecule has 0 fully saturated rings. The maximum atomic E-state index is 14.5. The van der Waals surface area contributed by atoms with E-state index in [1.807, 2.05) is 43.3 Å². The summed E-state index contributed by atoms with van der Waals surface area (Å²) < 4.78 is 34.1. The third-order valence-electron chi connectivity index (χ3n) is 5.20. The Hall–Kier alpha value is -2.45. The fourth-order valence-electron chi connectivity index (χ4n) is 3.75. The first-order valence-corrected chi connectivity index (χ1v) is 10.7. The monoisotopic (exact) mass is 431 g/mol. The predicted octanol–water partition coefficient (Wildman–Crippen LogP) is 4.18. The fraction of sp³-hybridized carbons (Fsp3) is 0.364. The van der Waals surface area contributed by atoms with Gasteiger partial charge in [-0.05, 0) is 51.3 Å². The van der Waals surface area contributed by atoms with Gasteiger partial charge in [-0.2, -0.15) is 5.10 Å². The molecule has 1 spiro atoms. The van der Waals surface area contributed by atoms with Crippen molar-refractivity contribution in [1.82, 2.24) is 9.91 Å². The average Bonchev–Trinajstić information content (AvgIpc) is 3.09. The van der Waals surface area contributed by atoms with Gasteiger partial charge in [0.05, 0.1) is 6.61 Å². The molecule has 2 aliphatic heterocycles. The van der Waals surface area contributed by atoms with Gasteiger partial charge >= 0.3 is 0 Å². The zero-order chi connectivity index (χ0) is 21.3. The van der Waals surface area contributed by atoms with E-state index in [0.717, 1.165) is 30.3 Å². The molecule has 1 amide bonds. The van der Waals surface area contributed by atoms with Gasteiger partial charge in [0.2, 0.25) is 5.91 Å². The topological polar surface area (TPSA) is 45.1 Å². The van der Waals surface area contributed by atoms with Crippen LogP contribution in [0.15, 0.2) is 47.6 Å². The lowest BCUT2D eigenvalue weighted by molar-refractivity contribution is -0.135. The molecule has 0 radical (unpaired) electrons. The third-order valence-corrected chi connectivity index (χ3v) is 6.63. The highest BCUT2D eigenvalue weighted by Crippen LogP contribution is 2.54. The highest BCUT2D eigenvalue weighted by atomic mass is 32.2. The molecule has 2 aromatic carbocycles. The Bertz CT molecular complexity index is 998. The summed E-state index contributed by atoms with van der Waals surface area (Å²) >= 11 is 1.29. The highest BCUT2D eigenvalue weighted by molar-refractivity contribution is 8.15. The highest BCUT2D eigenvalue weighted by Gasteiger charge is 2.51. The van der Waals surface area contributed by atoms with E-state index in [0.29, 0.717) is 36.7 Å². The molecule has 0 N–H and O–H groups in total. The zero-order valence-electron chi connectivity index (χ0n) is 16.9. The summed E-state index contributed by atoms with van der Waals surface area (Å²) in [5.74, 6) is -0.585. The third kappa shape index (κ3) is 3.81. The molecule has 2 aromatic rings. The molecule has 4 rings (SSSR count). The average molecular weight is 432 g/mol. The van der Waals surface area contributed by atoms with E-state index in [2.05, 4.69) is 5.10 Å². The van der Waals surface area contributed by atoms with Gasteiger partial charge in [-0.1, -0.05) is 30.0 Å². The minimum Gasteiger partial charge on any atom is -0.493 e. The van der Waals surface area contributed by atoms with Crippen molar-refractivity contribution in [1.29, 1.82) is 0 Å². The van der Waals surface area contributed by atoms with Crippen LogP contribution in [0.25, 0.3) is 0 Å². The number of hydrogen-bond donors (Lipinski definition) is 0. The van der Waals surface area contributed by atoms with Crippen molar-refractivity contribution < 1.29 is 18.3 Å². The smallest absolute Gasteiger partial charge is 0.244 e. The standard InChI is InChI=1S/C22H23F2N3O2S/c1-26(2)12-5-8-20(28)27-22(11-13-29-19-7-4-3-6-17(19)22)30-21(25-27)16-14-15(23)9-10-18(16)24/h3-4,6-7,9-10,14H,5,8,11-13H2,1-2H3. The van der Waals surface area contributed by atoms with Crippen molar-refractivity contribution in [2.24, 2.45) is 5.10 Å². The molecule has 0 bridgehead atoms. The summed E-state index contributed by atoms with van der Waals surface area (Å²) in [4.78, 5) is 14.4. The fourth-order valence-corrected chi connectivity index (χ4v) is 5.15. The number of benzene rings is 2. The Kier molecular flexibility index (Phi) is 5.79. The number of fused-ring (bicyclic) bond motifs is 2. The lowest BCUT2D eigenvalue weighted by atomic mass is 9.98. The van der Waals surface area contributed by atoms with Crippen molar-refractivity contribution in [2.75, 3.05) is 27.2 Å². The number of carbonyl (C=O) groups is 1. The van der Waals surface area contributed by atoms with E-state index < -0.39 is 16.5 Å². The van der Waals surface area contributed by atoms with Gasteiger partial charge in [-0.25, -0.2) is 13.8 Å². The summed E-state index contributed by atoms with van der Waals surface area (Å²) in [5, 5.41) is 6.28. The first-order chi connectivity index (χ1) is 14.4. The second-order valence-corrected chi connectivity index (χ2v) is 8.89. The van der Waals surface area contributed by atoms with E-state index in [1.165, 1.54) is 16.8 Å². The van der Waals surface area contributed by atoms with Crippen molar-refractivity contribution in [2.45, 2.75) is 24.1 Å². The Morgan fingerprint density at radius 2 is 2.07 bits per heavy atom. The number of amides is 1. The van der Waals surface area contributed by atoms with E-state index in [9.17, 15) is 13.6 Å². The second kappa shape index (κ2) is 8.35. The number of ether oxygens (including phenoxy) is 1. The SMILES string of the molecule is CN(C)CCCC(=O)N1N=C(c2cc(F)ccc2F)SC12CCOc1ccccc12. The lowest BCUT2D eigenvalue weighted by Crippen LogP contribution is -2.44. The summed E-state index contributed by atoms with van der Waals surface area (Å²) in [6.07, 6.45) is 1.49. The number of carbonyl (C=O) groups excluding carboxylic acids is 1. The van der Waals surface area contributed by atoms with Gasteiger partial charge in [0.15, 0.2) is 0 Å². The van der Waals surface area contributed by atoms with Gasteiger partial charge in [-0.15, -0.1) is 0 Å². The number of rotatable bonds is 5. The van der Waals surface area contributed by atoms with Gasteiger partial charge in [0.25, 0.3) is 0 Å². The van der Waals surface area contributed by atoms with Gasteiger partial charge < -0.3 is 9.64 Å². The Morgan fingerprint density at radius 1 is 1.27 bits per heavy atom. The molecule has 0 saturated heterocycles. The minimum atomic E-state index is -0.835. The summed E-state index contributed by atoms with van der Waals surface area (Å²) in [6.45, 7) is 1.18. The van der Waals surface area contributed by atoms with E-state index in [-0.39, 0.29) is 11.5 Å². The number of hydrogen-bond acceptors (Lipinski definition) is 5. The first kappa shape index (κ1) is 20.8.